The molecule has 1 aromatic heterocycles. The van der Waals surface area contributed by atoms with Gasteiger partial charge in [-0.15, -0.1) is 11.3 Å². The Labute approximate surface area is 102 Å². The summed E-state index contributed by atoms with van der Waals surface area (Å²) in [4.78, 5) is 13.2. The van der Waals surface area contributed by atoms with Gasteiger partial charge in [0, 0.05) is 10.9 Å². The smallest absolute Gasteiger partial charge is 0.261 e. The van der Waals surface area contributed by atoms with Gasteiger partial charge in [0.25, 0.3) is 5.91 Å². The molecule has 1 amide bonds. The summed E-state index contributed by atoms with van der Waals surface area (Å²) in [5.41, 5.74) is 0. The molecule has 0 unspecified atom stereocenters. The van der Waals surface area contributed by atoms with E-state index in [0.717, 1.165) is 30.6 Å². The third-order valence-electron chi connectivity index (χ3n) is 2.74. The van der Waals surface area contributed by atoms with Crippen molar-refractivity contribution in [3.63, 3.8) is 0 Å². The predicted molar refractivity (Wildman–Crippen MR) is 66.8 cm³/mol. The van der Waals surface area contributed by atoms with Gasteiger partial charge in [-0.3, -0.25) is 4.79 Å². The number of thiophene rings is 1. The molecule has 1 N–H and O–H groups in total. The van der Waals surface area contributed by atoms with Gasteiger partial charge in [-0.25, -0.2) is 0 Å². The van der Waals surface area contributed by atoms with E-state index in [2.05, 4.69) is 21.2 Å². The molecule has 0 radical (unpaired) electrons. The van der Waals surface area contributed by atoms with Crippen LogP contribution in [0.4, 0.5) is 0 Å². The zero-order valence-electron chi connectivity index (χ0n) is 8.41. The normalized spacial score (nSPS) is 26.2. The van der Waals surface area contributed by atoms with Crippen molar-refractivity contribution < 1.29 is 4.79 Å². The Bertz CT molecular complexity index is 317. The Morgan fingerprint density at radius 2 is 2.13 bits per heavy atom. The van der Waals surface area contributed by atoms with Gasteiger partial charge in [0.2, 0.25) is 0 Å². The Hall–Kier alpha value is -0.350. The van der Waals surface area contributed by atoms with Gasteiger partial charge >= 0.3 is 0 Å². The maximum atomic E-state index is 11.7. The molecule has 0 aliphatic heterocycles. The SMILES string of the molecule is O=C(NC1CCC(Br)CC1)c1cccs1. The summed E-state index contributed by atoms with van der Waals surface area (Å²) < 4.78 is 0. The van der Waals surface area contributed by atoms with Crippen molar-refractivity contribution in [3.8, 4) is 0 Å². The number of hydrogen-bond donors (Lipinski definition) is 1. The van der Waals surface area contributed by atoms with Gasteiger partial charge in [0.05, 0.1) is 4.88 Å². The van der Waals surface area contributed by atoms with E-state index in [4.69, 9.17) is 0 Å². The Morgan fingerprint density at radius 1 is 1.40 bits per heavy atom. The number of carbonyl (C=O) groups is 1. The summed E-state index contributed by atoms with van der Waals surface area (Å²) in [6.45, 7) is 0. The minimum absolute atomic E-state index is 0.0861. The van der Waals surface area contributed by atoms with Crippen molar-refractivity contribution >= 4 is 33.2 Å². The number of alkyl halides is 1. The molecular formula is C11H14BrNOS. The predicted octanol–water partition coefficient (Wildman–Crippen LogP) is 3.18. The van der Waals surface area contributed by atoms with Gasteiger partial charge in [0.1, 0.15) is 0 Å². The second-order valence-corrected chi connectivity index (χ2v) is 6.14. The van der Waals surface area contributed by atoms with Crippen LogP contribution in [-0.2, 0) is 0 Å². The van der Waals surface area contributed by atoms with Crippen LogP contribution < -0.4 is 5.32 Å². The van der Waals surface area contributed by atoms with Crippen LogP contribution in [0.15, 0.2) is 17.5 Å². The van der Waals surface area contributed by atoms with Gasteiger partial charge in [-0.2, -0.15) is 0 Å². The molecule has 0 atom stereocenters. The molecule has 2 rings (SSSR count). The third-order valence-corrected chi connectivity index (χ3v) is 4.52. The van der Waals surface area contributed by atoms with Crippen LogP contribution in [0.25, 0.3) is 0 Å². The van der Waals surface area contributed by atoms with E-state index in [1.807, 2.05) is 17.5 Å². The van der Waals surface area contributed by atoms with Crippen molar-refractivity contribution in [2.24, 2.45) is 0 Å². The molecule has 0 saturated heterocycles. The van der Waals surface area contributed by atoms with Crippen molar-refractivity contribution in [2.45, 2.75) is 36.6 Å². The van der Waals surface area contributed by atoms with E-state index in [9.17, 15) is 4.79 Å². The lowest BCUT2D eigenvalue weighted by Gasteiger charge is -2.25. The van der Waals surface area contributed by atoms with Gasteiger partial charge < -0.3 is 5.32 Å². The average molecular weight is 288 g/mol. The van der Waals surface area contributed by atoms with Gasteiger partial charge in [0.15, 0.2) is 0 Å². The Balaban J connectivity index is 1.85. The third kappa shape index (κ3) is 3.05. The Morgan fingerprint density at radius 3 is 2.73 bits per heavy atom. The molecule has 1 fully saturated rings. The molecule has 1 aliphatic carbocycles. The first-order valence-electron chi connectivity index (χ1n) is 5.24. The summed E-state index contributed by atoms with van der Waals surface area (Å²) in [6.07, 6.45) is 4.50. The zero-order chi connectivity index (χ0) is 10.7. The van der Waals surface area contributed by atoms with Crippen molar-refractivity contribution in [2.75, 3.05) is 0 Å². The molecule has 1 heterocycles. The molecule has 2 nitrogen and oxygen atoms in total. The number of amides is 1. The highest BCUT2D eigenvalue weighted by atomic mass is 79.9. The van der Waals surface area contributed by atoms with E-state index in [-0.39, 0.29) is 5.91 Å². The fourth-order valence-electron chi connectivity index (χ4n) is 1.86. The van der Waals surface area contributed by atoms with E-state index >= 15 is 0 Å². The second-order valence-electron chi connectivity index (χ2n) is 3.90. The molecule has 0 spiro atoms. The largest absolute Gasteiger partial charge is 0.349 e. The first-order valence-corrected chi connectivity index (χ1v) is 7.03. The number of rotatable bonds is 2. The first kappa shape index (κ1) is 11.1. The topological polar surface area (TPSA) is 29.1 Å². The van der Waals surface area contributed by atoms with E-state index in [1.165, 1.54) is 11.3 Å². The molecule has 1 aliphatic rings. The highest BCUT2D eigenvalue weighted by Gasteiger charge is 2.21. The fourth-order valence-corrected chi connectivity index (χ4v) is 3.02. The van der Waals surface area contributed by atoms with E-state index in [1.54, 1.807) is 0 Å². The van der Waals surface area contributed by atoms with Gasteiger partial charge in [-0.1, -0.05) is 22.0 Å². The lowest BCUT2D eigenvalue weighted by molar-refractivity contribution is 0.0932. The van der Waals surface area contributed by atoms with Gasteiger partial charge in [-0.05, 0) is 37.1 Å². The zero-order valence-corrected chi connectivity index (χ0v) is 10.8. The highest BCUT2D eigenvalue weighted by molar-refractivity contribution is 9.09. The quantitative estimate of drug-likeness (QED) is 0.832. The number of nitrogens with one attached hydrogen (secondary N) is 1. The summed E-state index contributed by atoms with van der Waals surface area (Å²) in [5, 5.41) is 5.03. The van der Waals surface area contributed by atoms with E-state index < -0.39 is 0 Å². The molecule has 1 saturated carbocycles. The van der Waals surface area contributed by atoms with Crippen LogP contribution in [0.1, 0.15) is 35.4 Å². The van der Waals surface area contributed by atoms with Crippen LogP contribution in [-0.4, -0.2) is 16.8 Å². The first-order chi connectivity index (χ1) is 7.25. The monoisotopic (exact) mass is 287 g/mol. The highest BCUT2D eigenvalue weighted by Crippen LogP contribution is 2.24. The maximum absolute atomic E-state index is 11.7. The van der Waals surface area contributed by atoms with Crippen molar-refractivity contribution in [3.05, 3.63) is 22.4 Å². The summed E-state index contributed by atoms with van der Waals surface area (Å²) in [5.74, 6) is 0.0861. The lowest BCUT2D eigenvalue weighted by atomic mass is 9.95. The van der Waals surface area contributed by atoms with Crippen LogP contribution in [0, 0.1) is 0 Å². The van der Waals surface area contributed by atoms with E-state index in [0.29, 0.717) is 10.9 Å². The number of carbonyl (C=O) groups excluding carboxylic acids is 1. The maximum Gasteiger partial charge on any atom is 0.261 e. The molecule has 15 heavy (non-hydrogen) atoms. The number of halogens is 1. The summed E-state index contributed by atoms with van der Waals surface area (Å²) in [6, 6.07) is 4.15. The molecule has 1 aromatic rings. The van der Waals surface area contributed by atoms with Crippen LogP contribution in [0.3, 0.4) is 0 Å². The van der Waals surface area contributed by atoms with Crippen molar-refractivity contribution in [1.29, 1.82) is 0 Å². The van der Waals surface area contributed by atoms with Crippen LogP contribution in [0.2, 0.25) is 0 Å². The molecule has 0 bridgehead atoms. The molecule has 0 aromatic carbocycles. The van der Waals surface area contributed by atoms with Crippen LogP contribution in [0.5, 0.6) is 0 Å². The van der Waals surface area contributed by atoms with Crippen LogP contribution >= 0.6 is 27.3 Å². The second kappa shape index (κ2) is 5.12. The van der Waals surface area contributed by atoms with Crippen molar-refractivity contribution in [1.82, 2.24) is 5.32 Å². The number of hydrogen-bond acceptors (Lipinski definition) is 2. The Kier molecular flexibility index (Phi) is 3.81. The summed E-state index contributed by atoms with van der Waals surface area (Å²) >= 11 is 5.11. The minimum atomic E-state index is 0.0861. The lowest BCUT2D eigenvalue weighted by Crippen LogP contribution is -2.37. The fraction of sp³-hybridized carbons (Fsp3) is 0.545. The summed E-state index contributed by atoms with van der Waals surface area (Å²) in [7, 11) is 0. The molecule has 82 valence electrons. The average Bonchev–Trinajstić information content (AvgIpc) is 2.74. The molecule has 4 heteroatoms. The standard InChI is InChI=1S/C11H14BrNOS/c12-8-3-5-9(6-4-8)13-11(14)10-2-1-7-15-10/h1-2,7-9H,3-6H2,(H,13,14). The molecular weight excluding hydrogens is 274 g/mol. The minimum Gasteiger partial charge on any atom is -0.349 e.